The summed E-state index contributed by atoms with van der Waals surface area (Å²) in [5, 5.41) is 3.43. The molecular weight excluding hydrogens is 238 g/mol. The van der Waals surface area contributed by atoms with Gasteiger partial charge in [-0.2, -0.15) is 0 Å². The molecule has 1 amide bonds. The van der Waals surface area contributed by atoms with Gasteiger partial charge in [0.05, 0.1) is 6.04 Å². The van der Waals surface area contributed by atoms with Gasteiger partial charge >= 0.3 is 0 Å². The summed E-state index contributed by atoms with van der Waals surface area (Å²) in [5.41, 5.74) is 0. The zero-order valence-electron chi connectivity index (χ0n) is 12.1. The number of carbonyl (C=O) groups excluding carboxylic acids is 1. The molecule has 1 N–H and O–H groups in total. The van der Waals surface area contributed by atoms with Crippen molar-refractivity contribution in [1.82, 2.24) is 15.1 Å². The lowest BCUT2D eigenvalue weighted by atomic mass is 9.82. The zero-order chi connectivity index (χ0) is 13.2. The van der Waals surface area contributed by atoms with Crippen molar-refractivity contribution in [3.8, 4) is 0 Å². The molecule has 4 heterocycles. The van der Waals surface area contributed by atoms with E-state index in [9.17, 15) is 4.79 Å². The molecule has 108 valence electrons. The van der Waals surface area contributed by atoms with Gasteiger partial charge in [0, 0.05) is 19.1 Å². The second-order valence-corrected chi connectivity index (χ2v) is 6.39. The van der Waals surface area contributed by atoms with Gasteiger partial charge in [0.1, 0.15) is 0 Å². The van der Waals surface area contributed by atoms with Gasteiger partial charge in [-0.1, -0.05) is 6.92 Å². The van der Waals surface area contributed by atoms with Crippen LogP contribution in [0, 0.1) is 5.92 Å². The van der Waals surface area contributed by atoms with Crippen LogP contribution in [0.2, 0.25) is 0 Å². The summed E-state index contributed by atoms with van der Waals surface area (Å²) in [6, 6.07) is 0.588. The molecule has 2 atom stereocenters. The SMILES string of the molecule is CCCNC1CCCN(C2CN3CCC2CC3)C1=O. The van der Waals surface area contributed by atoms with Gasteiger partial charge in [0.25, 0.3) is 0 Å². The first-order chi connectivity index (χ1) is 9.29. The topological polar surface area (TPSA) is 35.6 Å². The van der Waals surface area contributed by atoms with E-state index in [2.05, 4.69) is 22.0 Å². The third kappa shape index (κ3) is 2.65. The monoisotopic (exact) mass is 265 g/mol. The van der Waals surface area contributed by atoms with Gasteiger partial charge in [0.15, 0.2) is 0 Å². The maximum Gasteiger partial charge on any atom is 0.240 e. The molecule has 4 aliphatic heterocycles. The third-order valence-corrected chi connectivity index (χ3v) is 5.14. The first-order valence-corrected chi connectivity index (χ1v) is 8.06. The van der Waals surface area contributed by atoms with E-state index >= 15 is 0 Å². The fourth-order valence-electron chi connectivity index (χ4n) is 4.02. The van der Waals surface area contributed by atoms with Gasteiger partial charge in [-0.05, 0) is 57.7 Å². The Morgan fingerprint density at radius 1 is 1.21 bits per heavy atom. The molecular formula is C15H27N3O. The van der Waals surface area contributed by atoms with Crippen LogP contribution in [0.15, 0.2) is 0 Å². The van der Waals surface area contributed by atoms with Gasteiger partial charge in [-0.3, -0.25) is 4.79 Å². The number of amides is 1. The van der Waals surface area contributed by atoms with Crippen molar-refractivity contribution in [1.29, 1.82) is 0 Å². The molecule has 0 radical (unpaired) electrons. The average Bonchev–Trinajstić information content (AvgIpc) is 2.47. The fourth-order valence-corrected chi connectivity index (χ4v) is 4.02. The minimum absolute atomic E-state index is 0.0872. The Kier molecular flexibility index (Phi) is 4.08. The Balaban J connectivity index is 1.65. The number of fused-ring (bicyclic) bond motifs is 3. The Bertz CT molecular complexity index is 325. The average molecular weight is 265 g/mol. The van der Waals surface area contributed by atoms with E-state index in [1.807, 2.05) is 0 Å². The molecule has 4 nitrogen and oxygen atoms in total. The van der Waals surface area contributed by atoms with Gasteiger partial charge in [0.2, 0.25) is 5.91 Å². The molecule has 0 aromatic carbocycles. The van der Waals surface area contributed by atoms with Crippen LogP contribution in [-0.2, 0) is 4.79 Å². The summed E-state index contributed by atoms with van der Waals surface area (Å²) in [6.07, 6.45) is 5.87. The number of carbonyl (C=O) groups is 1. The highest BCUT2D eigenvalue weighted by Gasteiger charge is 2.41. The molecule has 2 unspecified atom stereocenters. The summed E-state index contributed by atoms with van der Waals surface area (Å²) in [4.78, 5) is 17.4. The molecule has 0 aromatic rings. The summed E-state index contributed by atoms with van der Waals surface area (Å²) >= 11 is 0. The highest BCUT2D eigenvalue weighted by atomic mass is 16.2. The van der Waals surface area contributed by atoms with Crippen LogP contribution in [0.25, 0.3) is 0 Å². The number of hydrogen-bond donors (Lipinski definition) is 1. The van der Waals surface area contributed by atoms with Crippen molar-refractivity contribution >= 4 is 5.91 Å². The molecule has 2 bridgehead atoms. The van der Waals surface area contributed by atoms with Crippen LogP contribution in [0.1, 0.15) is 39.0 Å². The van der Waals surface area contributed by atoms with Crippen molar-refractivity contribution in [2.45, 2.75) is 51.1 Å². The highest BCUT2D eigenvalue weighted by Crippen LogP contribution is 2.32. The van der Waals surface area contributed by atoms with Crippen molar-refractivity contribution in [2.24, 2.45) is 5.92 Å². The molecule has 4 heteroatoms. The second kappa shape index (κ2) is 5.80. The summed E-state index contributed by atoms with van der Waals surface area (Å²) in [7, 11) is 0. The first kappa shape index (κ1) is 13.4. The molecule has 0 aliphatic carbocycles. The number of likely N-dealkylation sites (tertiary alicyclic amines) is 1. The smallest absolute Gasteiger partial charge is 0.240 e. The van der Waals surface area contributed by atoms with Crippen molar-refractivity contribution in [3.05, 3.63) is 0 Å². The molecule has 0 spiro atoms. The Morgan fingerprint density at radius 2 is 2.00 bits per heavy atom. The summed E-state index contributed by atoms with van der Waals surface area (Å²) in [5.74, 6) is 1.14. The van der Waals surface area contributed by atoms with Crippen LogP contribution < -0.4 is 5.32 Å². The fraction of sp³-hybridized carbons (Fsp3) is 0.933. The van der Waals surface area contributed by atoms with Crippen molar-refractivity contribution in [2.75, 3.05) is 32.7 Å². The Morgan fingerprint density at radius 3 is 2.63 bits per heavy atom. The number of nitrogens with zero attached hydrogens (tertiary/aromatic N) is 2. The van der Waals surface area contributed by atoms with E-state index in [0.29, 0.717) is 11.9 Å². The lowest BCUT2D eigenvalue weighted by Gasteiger charge is -2.50. The lowest BCUT2D eigenvalue weighted by Crippen LogP contribution is -2.62. The quantitative estimate of drug-likeness (QED) is 0.826. The van der Waals surface area contributed by atoms with E-state index < -0.39 is 0 Å². The van der Waals surface area contributed by atoms with Crippen LogP contribution >= 0.6 is 0 Å². The van der Waals surface area contributed by atoms with Crippen molar-refractivity contribution in [3.63, 3.8) is 0 Å². The van der Waals surface area contributed by atoms with Gasteiger partial charge < -0.3 is 15.1 Å². The van der Waals surface area contributed by atoms with E-state index in [1.54, 1.807) is 0 Å². The van der Waals surface area contributed by atoms with E-state index in [-0.39, 0.29) is 6.04 Å². The summed E-state index contributed by atoms with van der Waals surface area (Å²) in [6.45, 7) is 7.73. The standard InChI is InChI=1S/C15H27N3O/c1-2-7-16-13-4-3-8-18(15(13)19)14-11-17-9-5-12(14)6-10-17/h12-14,16H,2-11H2,1H3. The van der Waals surface area contributed by atoms with E-state index in [4.69, 9.17) is 0 Å². The first-order valence-electron chi connectivity index (χ1n) is 8.06. The number of piperidine rings is 4. The predicted molar refractivity (Wildman–Crippen MR) is 76.0 cm³/mol. The molecule has 4 rings (SSSR count). The second-order valence-electron chi connectivity index (χ2n) is 6.39. The highest BCUT2D eigenvalue weighted by molar-refractivity contribution is 5.83. The van der Waals surface area contributed by atoms with Gasteiger partial charge in [-0.25, -0.2) is 0 Å². The van der Waals surface area contributed by atoms with E-state index in [1.165, 1.54) is 25.9 Å². The zero-order valence-corrected chi connectivity index (χ0v) is 12.1. The van der Waals surface area contributed by atoms with Crippen LogP contribution in [0.3, 0.4) is 0 Å². The molecule has 4 fully saturated rings. The van der Waals surface area contributed by atoms with Crippen LogP contribution in [0.5, 0.6) is 0 Å². The maximum absolute atomic E-state index is 12.7. The number of rotatable bonds is 4. The molecule has 4 saturated heterocycles. The van der Waals surface area contributed by atoms with E-state index in [0.717, 1.165) is 44.8 Å². The largest absolute Gasteiger partial charge is 0.337 e. The molecule has 0 saturated carbocycles. The third-order valence-electron chi connectivity index (χ3n) is 5.14. The van der Waals surface area contributed by atoms with Gasteiger partial charge in [-0.15, -0.1) is 0 Å². The Hall–Kier alpha value is -0.610. The minimum atomic E-state index is 0.0872. The maximum atomic E-state index is 12.7. The molecule has 0 aromatic heterocycles. The van der Waals surface area contributed by atoms with Crippen LogP contribution in [-0.4, -0.2) is 60.5 Å². The lowest BCUT2D eigenvalue weighted by molar-refractivity contribution is -0.143. The Labute approximate surface area is 116 Å². The molecule has 4 aliphatic rings. The van der Waals surface area contributed by atoms with Crippen LogP contribution in [0.4, 0.5) is 0 Å². The predicted octanol–water partition coefficient (Wildman–Crippen LogP) is 1.07. The number of nitrogens with one attached hydrogen (secondary N) is 1. The number of hydrogen-bond acceptors (Lipinski definition) is 3. The normalized spacial score (nSPS) is 38.8. The molecule has 19 heavy (non-hydrogen) atoms. The minimum Gasteiger partial charge on any atom is -0.337 e. The summed E-state index contributed by atoms with van der Waals surface area (Å²) < 4.78 is 0. The van der Waals surface area contributed by atoms with Crippen molar-refractivity contribution < 1.29 is 4.79 Å².